The van der Waals surface area contributed by atoms with E-state index in [-0.39, 0.29) is 12.4 Å². The monoisotopic (exact) mass is 525 g/mol. The van der Waals surface area contributed by atoms with E-state index < -0.39 is 24.1 Å². The van der Waals surface area contributed by atoms with E-state index in [0.29, 0.717) is 29.0 Å². The fourth-order valence-corrected chi connectivity index (χ4v) is 4.84. The van der Waals surface area contributed by atoms with E-state index in [1.54, 1.807) is 52.1 Å². The van der Waals surface area contributed by atoms with Gasteiger partial charge in [0.25, 0.3) is 0 Å². The second-order valence-corrected chi connectivity index (χ2v) is 9.80. The molecule has 36 heavy (non-hydrogen) atoms. The van der Waals surface area contributed by atoms with Gasteiger partial charge in [-0.1, -0.05) is 31.2 Å². The van der Waals surface area contributed by atoms with Gasteiger partial charge in [-0.05, 0) is 50.8 Å². The number of methoxy groups -OCH3 is 1. The van der Waals surface area contributed by atoms with Gasteiger partial charge in [-0.25, -0.2) is 4.79 Å². The minimum Gasteiger partial charge on any atom is -0.500 e. The highest BCUT2D eigenvalue weighted by Crippen LogP contribution is 2.45. The van der Waals surface area contributed by atoms with Crippen molar-refractivity contribution in [2.24, 2.45) is 0 Å². The molecule has 0 saturated carbocycles. The molecule has 3 rings (SSSR count). The van der Waals surface area contributed by atoms with Gasteiger partial charge < -0.3 is 18.9 Å². The van der Waals surface area contributed by atoms with Crippen LogP contribution in [-0.2, 0) is 9.47 Å². The number of amides is 1. The van der Waals surface area contributed by atoms with Crippen molar-refractivity contribution in [3.63, 3.8) is 0 Å². The lowest BCUT2D eigenvalue weighted by Gasteiger charge is -2.39. The van der Waals surface area contributed by atoms with Gasteiger partial charge in [0.05, 0.1) is 12.8 Å². The molecule has 196 valence electrons. The SMILES string of the molecule is CC/C(OC)=C(\SC)C1COc2c(-c3cccc(OC(F)(F)F)c3)cccc2N1C(=O)OC(C)(C)C. The molecule has 1 heterocycles. The molecule has 0 N–H and O–H groups in total. The van der Waals surface area contributed by atoms with E-state index in [9.17, 15) is 18.0 Å². The van der Waals surface area contributed by atoms with E-state index >= 15 is 0 Å². The van der Waals surface area contributed by atoms with Crippen molar-refractivity contribution in [2.75, 3.05) is 24.9 Å². The van der Waals surface area contributed by atoms with Crippen molar-refractivity contribution in [2.45, 2.75) is 52.1 Å². The normalized spacial score (nSPS) is 16.5. The van der Waals surface area contributed by atoms with Crippen LogP contribution in [0.2, 0.25) is 0 Å². The van der Waals surface area contributed by atoms with Gasteiger partial charge in [0.1, 0.15) is 29.8 Å². The summed E-state index contributed by atoms with van der Waals surface area (Å²) in [7, 11) is 1.58. The largest absolute Gasteiger partial charge is 0.573 e. The Bertz CT molecular complexity index is 1120. The molecule has 10 heteroatoms. The summed E-state index contributed by atoms with van der Waals surface area (Å²) >= 11 is 1.46. The highest BCUT2D eigenvalue weighted by Gasteiger charge is 2.39. The molecule has 0 aliphatic carbocycles. The number of anilines is 1. The summed E-state index contributed by atoms with van der Waals surface area (Å²) in [6, 6.07) is 10.3. The molecule has 0 spiro atoms. The minimum absolute atomic E-state index is 0.102. The number of rotatable bonds is 6. The molecule has 1 amide bonds. The van der Waals surface area contributed by atoms with E-state index in [4.69, 9.17) is 14.2 Å². The van der Waals surface area contributed by atoms with E-state index in [0.717, 1.165) is 10.7 Å². The average Bonchev–Trinajstić information content (AvgIpc) is 2.79. The number of hydrogen-bond acceptors (Lipinski definition) is 6. The van der Waals surface area contributed by atoms with Gasteiger partial charge in [-0.15, -0.1) is 24.9 Å². The number of para-hydroxylation sites is 1. The highest BCUT2D eigenvalue weighted by atomic mass is 32.2. The summed E-state index contributed by atoms with van der Waals surface area (Å²) in [4.78, 5) is 15.8. The Labute approximate surface area is 213 Å². The van der Waals surface area contributed by atoms with Crippen molar-refractivity contribution >= 4 is 23.5 Å². The quantitative estimate of drug-likeness (QED) is 0.367. The maximum atomic E-state index is 13.5. The van der Waals surface area contributed by atoms with Crippen LogP contribution in [0.15, 0.2) is 53.1 Å². The van der Waals surface area contributed by atoms with Gasteiger partial charge in [-0.3, -0.25) is 4.90 Å². The van der Waals surface area contributed by atoms with Crippen LogP contribution in [0.1, 0.15) is 34.1 Å². The molecule has 0 bridgehead atoms. The van der Waals surface area contributed by atoms with Crippen LogP contribution in [0, 0.1) is 0 Å². The van der Waals surface area contributed by atoms with E-state index in [1.807, 2.05) is 13.2 Å². The second kappa shape index (κ2) is 10.9. The number of halogens is 3. The van der Waals surface area contributed by atoms with Crippen molar-refractivity contribution in [3.8, 4) is 22.6 Å². The number of allylic oxidation sites excluding steroid dienone is 1. The topological polar surface area (TPSA) is 57.2 Å². The van der Waals surface area contributed by atoms with Crippen molar-refractivity contribution in [1.29, 1.82) is 0 Å². The molecule has 1 aliphatic rings. The van der Waals surface area contributed by atoms with Gasteiger partial charge in [-0.2, -0.15) is 0 Å². The Hall–Kier alpha value is -3.01. The van der Waals surface area contributed by atoms with Crippen molar-refractivity contribution in [1.82, 2.24) is 0 Å². The predicted molar refractivity (Wildman–Crippen MR) is 134 cm³/mol. The zero-order valence-corrected chi connectivity index (χ0v) is 21.9. The summed E-state index contributed by atoms with van der Waals surface area (Å²) in [6.07, 6.45) is -2.87. The third-order valence-corrected chi connectivity index (χ3v) is 6.22. The molecule has 2 aromatic carbocycles. The molecule has 0 aromatic heterocycles. The van der Waals surface area contributed by atoms with E-state index in [2.05, 4.69) is 4.74 Å². The van der Waals surface area contributed by atoms with Gasteiger partial charge in [0.15, 0.2) is 5.75 Å². The zero-order chi connectivity index (χ0) is 26.7. The number of hydrogen-bond donors (Lipinski definition) is 0. The number of carbonyl (C=O) groups excluding carboxylic acids is 1. The Morgan fingerprint density at radius 3 is 2.44 bits per heavy atom. The maximum Gasteiger partial charge on any atom is 0.573 e. The lowest BCUT2D eigenvalue weighted by atomic mass is 10.0. The van der Waals surface area contributed by atoms with Gasteiger partial charge in [0.2, 0.25) is 0 Å². The zero-order valence-electron chi connectivity index (χ0n) is 21.1. The molecule has 0 fully saturated rings. The first kappa shape index (κ1) is 27.6. The molecule has 0 saturated heterocycles. The summed E-state index contributed by atoms with van der Waals surface area (Å²) in [5, 5.41) is 0. The number of carbonyl (C=O) groups is 1. The second-order valence-electron chi connectivity index (χ2n) is 8.96. The number of ether oxygens (including phenoxy) is 4. The van der Waals surface area contributed by atoms with Crippen LogP contribution in [-0.4, -0.2) is 44.1 Å². The van der Waals surface area contributed by atoms with Crippen molar-refractivity contribution in [3.05, 3.63) is 53.1 Å². The van der Waals surface area contributed by atoms with Crippen LogP contribution >= 0.6 is 11.8 Å². The Morgan fingerprint density at radius 2 is 1.86 bits per heavy atom. The average molecular weight is 526 g/mol. The number of fused-ring (bicyclic) bond motifs is 1. The van der Waals surface area contributed by atoms with Crippen LogP contribution in [0.4, 0.5) is 23.7 Å². The summed E-state index contributed by atoms with van der Waals surface area (Å²) in [5.41, 5.74) is 0.657. The van der Waals surface area contributed by atoms with Crippen LogP contribution < -0.4 is 14.4 Å². The smallest absolute Gasteiger partial charge is 0.500 e. The third kappa shape index (κ3) is 6.40. The summed E-state index contributed by atoms with van der Waals surface area (Å²) in [5.74, 6) is 0.733. The fourth-order valence-electron chi connectivity index (χ4n) is 3.94. The Balaban J connectivity index is 2.15. The molecule has 0 radical (unpaired) electrons. The van der Waals surface area contributed by atoms with Crippen molar-refractivity contribution < 1.29 is 36.9 Å². The maximum absolute atomic E-state index is 13.5. The fraction of sp³-hybridized carbons (Fsp3) is 0.423. The summed E-state index contributed by atoms with van der Waals surface area (Å²) in [6.45, 7) is 7.40. The highest BCUT2D eigenvalue weighted by molar-refractivity contribution is 8.02. The van der Waals surface area contributed by atoms with Crippen LogP contribution in [0.3, 0.4) is 0 Å². The number of nitrogens with zero attached hydrogens (tertiary/aromatic N) is 1. The molecule has 6 nitrogen and oxygen atoms in total. The summed E-state index contributed by atoms with van der Waals surface area (Å²) < 4.78 is 59.9. The van der Waals surface area contributed by atoms with Crippen LogP contribution in [0.5, 0.6) is 11.5 Å². The molecule has 1 unspecified atom stereocenters. The first-order valence-electron chi connectivity index (χ1n) is 11.3. The van der Waals surface area contributed by atoms with Gasteiger partial charge in [0, 0.05) is 16.9 Å². The lowest BCUT2D eigenvalue weighted by molar-refractivity contribution is -0.274. The molecular formula is C26H30F3NO5S. The predicted octanol–water partition coefficient (Wildman–Crippen LogP) is 7.39. The Kier molecular flexibility index (Phi) is 8.38. The number of alkyl halides is 3. The number of thioether (sulfide) groups is 1. The molecular weight excluding hydrogens is 495 g/mol. The molecule has 2 aromatic rings. The van der Waals surface area contributed by atoms with Crippen LogP contribution in [0.25, 0.3) is 11.1 Å². The standard InChI is InChI=1S/C26H30F3NO5S/c1-7-21(32-5)23(36-6)20-15-33-22-18(16-10-8-11-17(14-16)34-26(27,28)29)12-9-13-19(22)30(20)24(31)35-25(2,3)4/h8-14,20H,7,15H2,1-6H3/b23-21+. The molecule has 1 aliphatic heterocycles. The minimum atomic E-state index is -4.81. The lowest BCUT2D eigenvalue weighted by Crippen LogP contribution is -2.49. The first-order valence-corrected chi connectivity index (χ1v) is 12.6. The Morgan fingerprint density at radius 1 is 1.17 bits per heavy atom. The third-order valence-electron chi connectivity index (χ3n) is 5.28. The first-order chi connectivity index (χ1) is 16.9. The van der Waals surface area contributed by atoms with E-state index in [1.165, 1.54) is 34.9 Å². The number of benzene rings is 2. The molecule has 1 atom stereocenters. The van der Waals surface area contributed by atoms with Gasteiger partial charge >= 0.3 is 12.5 Å².